The summed E-state index contributed by atoms with van der Waals surface area (Å²) in [4.78, 5) is 36.2. The van der Waals surface area contributed by atoms with Crippen LogP contribution >= 0.6 is 0 Å². The summed E-state index contributed by atoms with van der Waals surface area (Å²) in [7, 11) is 0. The summed E-state index contributed by atoms with van der Waals surface area (Å²) < 4.78 is 26.7. The lowest BCUT2D eigenvalue weighted by atomic mass is 9.97. The zero-order valence-electron chi connectivity index (χ0n) is 26.0. The number of carbonyl (C=O) groups excluding carboxylic acids is 1. The number of urea groups is 1. The van der Waals surface area contributed by atoms with Gasteiger partial charge in [0.15, 0.2) is 0 Å². The minimum Gasteiger partial charge on any atom is -0.478 e. The molecule has 0 unspecified atom stereocenters. The number of benzene rings is 2. The molecule has 0 aliphatic carbocycles. The number of aryl methyl sites for hydroxylation is 2. The highest BCUT2D eigenvalue weighted by Crippen LogP contribution is 2.38. The Bertz CT molecular complexity index is 1520. The molecule has 1 aromatic heterocycles. The Morgan fingerprint density at radius 3 is 2.44 bits per heavy atom. The van der Waals surface area contributed by atoms with Crippen LogP contribution in [0.4, 0.5) is 9.18 Å². The molecule has 4 heterocycles. The van der Waals surface area contributed by atoms with Crippen LogP contribution in [0.15, 0.2) is 54.6 Å². The zero-order chi connectivity index (χ0) is 31.5. The molecule has 0 radical (unpaired) electrons. The number of rotatable bonds is 9. The Kier molecular flexibility index (Phi) is 9.32. The molecular formula is C35H41FN4O5. The fourth-order valence-electron chi connectivity index (χ4n) is 6.91. The number of carbonyl (C=O) groups is 2. The Hall–Kier alpha value is -4.02. The first-order valence-corrected chi connectivity index (χ1v) is 16.0. The third-order valence-corrected chi connectivity index (χ3v) is 9.36. The molecule has 10 heteroatoms. The van der Waals surface area contributed by atoms with Gasteiger partial charge in [0, 0.05) is 68.8 Å². The van der Waals surface area contributed by atoms with Gasteiger partial charge in [0.2, 0.25) is 5.88 Å². The summed E-state index contributed by atoms with van der Waals surface area (Å²) in [5, 5.41) is 9.12. The van der Waals surface area contributed by atoms with Crippen molar-refractivity contribution in [3.05, 3.63) is 88.4 Å². The first-order valence-electron chi connectivity index (χ1n) is 16.0. The molecule has 3 fully saturated rings. The standard InChI is InChI=1S/C35H41FN4O5/c1-3-31-25(7-11-33(37-31)45-28-8-5-24(6-9-28)34(41)42)21-38-16-12-27(13-17-38)40-32(29-20-23(2)4-10-30(29)36)22-39(35(40)43)26-14-18-44-19-15-26/h4-11,20,26-27,32H,3,12-19,21-22H2,1-2H3,(H,41,42)/t32-/m0/s1. The smallest absolute Gasteiger partial charge is 0.335 e. The molecular weight excluding hydrogens is 575 g/mol. The van der Waals surface area contributed by atoms with Gasteiger partial charge in [-0.05, 0) is 74.9 Å². The van der Waals surface area contributed by atoms with Crippen LogP contribution < -0.4 is 4.74 Å². The van der Waals surface area contributed by atoms with Crippen LogP contribution in [0.25, 0.3) is 0 Å². The Balaban J connectivity index is 1.13. The van der Waals surface area contributed by atoms with Gasteiger partial charge >= 0.3 is 12.0 Å². The highest BCUT2D eigenvalue weighted by molar-refractivity contribution is 5.87. The van der Waals surface area contributed by atoms with Crippen molar-refractivity contribution in [3.63, 3.8) is 0 Å². The van der Waals surface area contributed by atoms with Crippen molar-refractivity contribution in [2.24, 2.45) is 0 Å². The second-order valence-corrected chi connectivity index (χ2v) is 12.3. The van der Waals surface area contributed by atoms with E-state index in [9.17, 15) is 9.59 Å². The first kappa shape index (κ1) is 31.0. The number of aromatic nitrogens is 1. The van der Waals surface area contributed by atoms with Crippen LogP contribution in [0.2, 0.25) is 0 Å². The summed E-state index contributed by atoms with van der Waals surface area (Å²) in [6, 6.07) is 15.3. The van der Waals surface area contributed by atoms with E-state index in [0.717, 1.165) is 68.6 Å². The molecule has 3 aromatic rings. The van der Waals surface area contributed by atoms with Crippen molar-refractivity contribution in [1.29, 1.82) is 0 Å². The SMILES string of the molecule is CCc1nc(Oc2ccc(C(=O)O)cc2)ccc1CN1CCC(N2C(=O)N(C3CCOCC3)C[C@H]2c2cc(C)ccc2F)CC1. The van der Waals surface area contributed by atoms with Gasteiger partial charge in [0.05, 0.1) is 11.6 Å². The Labute approximate surface area is 263 Å². The van der Waals surface area contributed by atoms with E-state index in [4.69, 9.17) is 19.6 Å². The van der Waals surface area contributed by atoms with Crippen molar-refractivity contribution < 1.29 is 28.6 Å². The molecule has 0 bridgehead atoms. The number of aromatic carboxylic acids is 1. The van der Waals surface area contributed by atoms with E-state index in [1.54, 1.807) is 18.2 Å². The number of halogens is 1. The number of nitrogens with zero attached hydrogens (tertiary/aromatic N) is 4. The van der Waals surface area contributed by atoms with E-state index in [0.29, 0.717) is 37.0 Å². The van der Waals surface area contributed by atoms with Crippen LogP contribution in [-0.2, 0) is 17.7 Å². The first-order chi connectivity index (χ1) is 21.8. The van der Waals surface area contributed by atoms with Crippen LogP contribution in [0.1, 0.15) is 71.4 Å². The number of pyridine rings is 1. The predicted molar refractivity (Wildman–Crippen MR) is 167 cm³/mol. The molecule has 2 amide bonds. The van der Waals surface area contributed by atoms with Gasteiger partial charge in [0.1, 0.15) is 11.6 Å². The van der Waals surface area contributed by atoms with Crippen LogP contribution in [0.3, 0.4) is 0 Å². The zero-order valence-corrected chi connectivity index (χ0v) is 26.0. The summed E-state index contributed by atoms with van der Waals surface area (Å²) in [6.45, 7) is 8.24. The maximum atomic E-state index is 15.2. The number of hydrogen-bond acceptors (Lipinski definition) is 6. The molecule has 1 atom stereocenters. The molecule has 3 aliphatic rings. The van der Waals surface area contributed by atoms with Gasteiger partial charge in [-0.3, -0.25) is 4.90 Å². The van der Waals surface area contributed by atoms with E-state index in [-0.39, 0.29) is 35.5 Å². The number of ether oxygens (including phenoxy) is 2. The molecule has 9 nitrogen and oxygen atoms in total. The monoisotopic (exact) mass is 616 g/mol. The highest BCUT2D eigenvalue weighted by Gasteiger charge is 2.46. The fourth-order valence-corrected chi connectivity index (χ4v) is 6.91. The molecule has 1 N–H and O–H groups in total. The minimum atomic E-state index is -0.981. The Morgan fingerprint density at radius 1 is 1.02 bits per heavy atom. The maximum absolute atomic E-state index is 15.2. The maximum Gasteiger partial charge on any atom is 0.335 e. The van der Waals surface area contributed by atoms with Gasteiger partial charge in [-0.1, -0.05) is 30.7 Å². The average Bonchev–Trinajstić information content (AvgIpc) is 3.40. The molecule has 0 saturated carbocycles. The molecule has 6 rings (SSSR count). The number of amides is 2. The van der Waals surface area contributed by atoms with E-state index in [1.807, 2.05) is 34.9 Å². The van der Waals surface area contributed by atoms with Crippen molar-refractivity contribution in [2.45, 2.75) is 70.6 Å². The number of piperidine rings is 1. The average molecular weight is 617 g/mol. The number of likely N-dealkylation sites (tertiary alicyclic amines) is 1. The molecule has 2 aromatic carbocycles. The van der Waals surface area contributed by atoms with E-state index in [2.05, 4.69) is 11.8 Å². The molecule has 3 saturated heterocycles. The molecule has 238 valence electrons. The lowest BCUT2D eigenvalue weighted by molar-refractivity contribution is 0.0493. The number of carboxylic acids is 1. The summed E-state index contributed by atoms with van der Waals surface area (Å²) in [6.07, 6.45) is 4.01. The lowest BCUT2D eigenvalue weighted by Gasteiger charge is -2.39. The molecule has 3 aliphatic heterocycles. The van der Waals surface area contributed by atoms with Gasteiger partial charge in [-0.2, -0.15) is 0 Å². The second-order valence-electron chi connectivity index (χ2n) is 12.3. The highest BCUT2D eigenvalue weighted by atomic mass is 19.1. The Morgan fingerprint density at radius 2 is 1.76 bits per heavy atom. The quantitative estimate of drug-likeness (QED) is 0.306. The van der Waals surface area contributed by atoms with Gasteiger partial charge in [-0.25, -0.2) is 19.0 Å². The second kappa shape index (κ2) is 13.5. The summed E-state index contributed by atoms with van der Waals surface area (Å²) >= 11 is 0. The number of hydrogen-bond donors (Lipinski definition) is 1. The largest absolute Gasteiger partial charge is 0.478 e. The van der Waals surface area contributed by atoms with Gasteiger partial charge in [-0.15, -0.1) is 0 Å². The van der Waals surface area contributed by atoms with Crippen LogP contribution in [0.5, 0.6) is 11.6 Å². The third-order valence-electron chi connectivity index (χ3n) is 9.36. The lowest BCUT2D eigenvalue weighted by Crippen LogP contribution is -2.48. The van der Waals surface area contributed by atoms with E-state index in [1.165, 1.54) is 18.2 Å². The summed E-state index contributed by atoms with van der Waals surface area (Å²) in [5.41, 5.74) is 3.89. The summed E-state index contributed by atoms with van der Waals surface area (Å²) in [5.74, 6) is -0.238. The van der Waals surface area contributed by atoms with Crippen molar-refractivity contribution in [1.82, 2.24) is 19.7 Å². The molecule has 45 heavy (non-hydrogen) atoms. The van der Waals surface area contributed by atoms with E-state index < -0.39 is 5.97 Å². The third kappa shape index (κ3) is 6.82. The van der Waals surface area contributed by atoms with Crippen molar-refractivity contribution in [2.75, 3.05) is 32.8 Å². The normalized spacial score (nSPS) is 20.2. The van der Waals surface area contributed by atoms with Gasteiger partial charge in [0.25, 0.3) is 0 Å². The van der Waals surface area contributed by atoms with Crippen LogP contribution in [0, 0.1) is 12.7 Å². The topological polar surface area (TPSA) is 95.4 Å². The van der Waals surface area contributed by atoms with Crippen molar-refractivity contribution >= 4 is 12.0 Å². The van der Waals surface area contributed by atoms with Crippen molar-refractivity contribution in [3.8, 4) is 11.6 Å². The minimum absolute atomic E-state index is 0.0249. The van der Waals surface area contributed by atoms with E-state index >= 15 is 4.39 Å². The van der Waals surface area contributed by atoms with Gasteiger partial charge < -0.3 is 24.4 Å². The van der Waals surface area contributed by atoms with Crippen LogP contribution in [-0.4, -0.2) is 81.7 Å². The predicted octanol–water partition coefficient (Wildman–Crippen LogP) is 6.20. The fraction of sp³-hybridized carbons (Fsp3) is 0.457. The molecule has 0 spiro atoms. The number of carboxylic acid groups (broad SMARTS) is 1.